The van der Waals surface area contributed by atoms with Gasteiger partial charge in [0.15, 0.2) is 0 Å². The minimum atomic E-state index is 0.0614. The maximum Gasteiger partial charge on any atom is 0.135 e. The van der Waals surface area contributed by atoms with E-state index >= 15 is 0 Å². The summed E-state index contributed by atoms with van der Waals surface area (Å²) in [6, 6.07) is 6.04. The van der Waals surface area contributed by atoms with Crippen molar-refractivity contribution in [1.82, 2.24) is 9.97 Å². The first kappa shape index (κ1) is 14.8. The normalized spacial score (nSPS) is 11.8. The Balaban J connectivity index is 2.11. The van der Waals surface area contributed by atoms with Gasteiger partial charge >= 0.3 is 0 Å². The lowest BCUT2D eigenvalue weighted by Gasteiger charge is -2.24. The molecule has 0 radical (unpaired) electrons. The summed E-state index contributed by atoms with van der Waals surface area (Å²) < 4.78 is 0. The third kappa shape index (κ3) is 3.48. The van der Waals surface area contributed by atoms with Crippen molar-refractivity contribution in [2.24, 2.45) is 0 Å². The largest absolute Gasteiger partial charge is 0.384 e. The van der Waals surface area contributed by atoms with Gasteiger partial charge in [-0.2, -0.15) is 0 Å². The number of nitrogens with zero attached hydrogens (tertiary/aromatic N) is 2. The van der Waals surface area contributed by atoms with Crippen LogP contribution >= 0.6 is 11.3 Å². The molecule has 0 aliphatic carbocycles. The van der Waals surface area contributed by atoms with E-state index in [1.54, 1.807) is 17.4 Å². The predicted octanol–water partition coefficient (Wildman–Crippen LogP) is 3.63. The summed E-state index contributed by atoms with van der Waals surface area (Å²) >= 11 is 1.78. The third-order valence-corrected chi connectivity index (χ3v) is 4.42. The first-order chi connectivity index (χ1) is 9.38. The Morgan fingerprint density at radius 3 is 2.70 bits per heavy atom. The highest BCUT2D eigenvalue weighted by Gasteiger charge is 2.21. The molecule has 0 atom stereocenters. The molecule has 0 bridgehead atoms. The number of thiophene rings is 1. The van der Waals surface area contributed by atoms with E-state index in [-0.39, 0.29) is 11.3 Å². The lowest BCUT2D eigenvalue weighted by Crippen LogP contribution is -2.27. The number of hydrogen-bond acceptors (Lipinski definition) is 5. The van der Waals surface area contributed by atoms with Gasteiger partial charge in [-0.25, -0.2) is 9.97 Å². The topological polar surface area (TPSA) is 63.8 Å². The van der Waals surface area contributed by atoms with Crippen LogP contribution in [0.4, 0.5) is 11.6 Å². The van der Waals surface area contributed by atoms with Gasteiger partial charge < -0.3 is 11.1 Å². The van der Waals surface area contributed by atoms with Crippen molar-refractivity contribution >= 4 is 23.0 Å². The molecule has 0 aliphatic rings. The van der Waals surface area contributed by atoms with E-state index in [2.05, 4.69) is 60.5 Å². The van der Waals surface area contributed by atoms with Crippen molar-refractivity contribution in [1.29, 1.82) is 0 Å². The molecule has 0 aromatic carbocycles. The van der Waals surface area contributed by atoms with Crippen molar-refractivity contribution in [2.75, 3.05) is 17.6 Å². The standard InChI is InChI=1S/C15H22N4S/c1-10(2)14-18-12(16)8-13(19-14)17-9-15(3,4)11-6-5-7-20-11/h5-8,10H,9H2,1-4H3,(H3,16,17,18,19). The number of hydrogen-bond donors (Lipinski definition) is 2. The van der Waals surface area contributed by atoms with Gasteiger partial charge in [-0.15, -0.1) is 11.3 Å². The van der Waals surface area contributed by atoms with E-state index < -0.39 is 0 Å². The van der Waals surface area contributed by atoms with Crippen LogP contribution in [0.2, 0.25) is 0 Å². The van der Waals surface area contributed by atoms with E-state index in [0.29, 0.717) is 5.82 Å². The Morgan fingerprint density at radius 2 is 2.10 bits per heavy atom. The Labute approximate surface area is 124 Å². The highest BCUT2D eigenvalue weighted by atomic mass is 32.1. The quantitative estimate of drug-likeness (QED) is 0.882. The molecule has 0 saturated heterocycles. The molecule has 0 spiro atoms. The highest BCUT2D eigenvalue weighted by molar-refractivity contribution is 7.10. The number of nitrogens with two attached hydrogens (primary N) is 1. The fraction of sp³-hybridized carbons (Fsp3) is 0.467. The van der Waals surface area contributed by atoms with Crippen LogP contribution in [-0.2, 0) is 5.41 Å². The van der Waals surface area contributed by atoms with Crippen molar-refractivity contribution < 1.29 is 0 Å². The second kappa shape index (κ2) is 5.79. The summed E-state index contributed by atoms with van der Waals surface area (Å²) in [7, 11) is 0. The Kier molecular flexibility index (Phi) is 4.28. The van der Waals surface area contributed by atoms with Gasteiger partial charge in [0.25, 0.3) is 0 Å². The summed E-state index contributed by atoms with van der Waals surface area (Å²) in [4.78, 5) is 10.1. The van der Waals surface area contributed by atoms with Crippen LogP contribution in [0.1, 0.15) is 44.3 Å². The molecule has 2 heterocycles. The van der Waals surface area contributed by atoms with Crippen LogP contribution in [0.15, 0.2) is 23.6 Å². The fourth-order valence-corrected chi connectivity index (χ4v) is 2.75. The third-order valence-electron chi connectivity index (χ3n) is 3.18. The molecular formula is C15H22N4S. The maximum atomic E-state index is 5.84. The van der Waals surface area contributed by atoms with Crippen molar-refractivity contribution in [2.45, 2.75) is 39.0 Å². The monoisotopic (exact) mass is 290 g/mol. The average molecular weight is 290 g/mol. The van der Waals surface area contributed by atoms with Gasteiger partial charge in [0.05, 0.1) is 0 Å². The number of anilines is 2. The van der Waals surface area contributed by atoms with Gasteiger partial charge in [-0.3, -0.25) is 0 Å². The van der Waals surface area contributed by atoms with Gasteiger partial charge in [-0.1, -0.05) is 33.8 Å². The SMILES string of the molecule is CC(C)c1nc(N)cc(NCC(C)(C)c2cccs2)n1. The molecule has 0 unspecified atom stereocenters. The minimum Gasteiger partial charge on any atom is -0.384 e. The lowest BCUT2D eigenvalue weighted by atomic mass is 9.91. The molecule has 5 heteroatoms. The summed E-state index contributed by atoms with van der Waals surface area (Å²) in [6.45, 7) is 9.38. The molecule has 2 aromatic rings. The Bertz CT molecular complexity index is 561. The van der Waals surface area contributed by atoms with E-state index in [1.165, 1.54) is 4.88 Å². The molecule has 4 nitrogen and oxygen atoms in total. The summed E-state index contributed by atoms with van der Waals surface area (Å²) in [5, 5.41) is 5.49. The summed E-state index contributed by atoms with van der Waals surface area (Å²) in [6.07, 6.45) is 0. The van der Waals surface area contributed by atoms with Crippen molar-refractivity contribution in [3.63, 3.8) is 0 Å². The van der Waals surface area contributed by atoms with Gasteiger partial charge in [-0.05, 0) is 11.4 Å². The van der Waals surface area contributed by atoms with Crippen LogP contribution < -0.4 is 11.1 Å². The molecular weight excluding hydrogens is 268 g/mol. The first-order valence-corrected chi connectivity index (χ1v) is 7.69. The van der Waals surface area contributed by atoms with Crippen LogP contribution in [0.3, 0.4) is 0 Å². The van der Waals surface area contributed by atoms with Crippen molar-refractivity contribution in [3.05, 3.63) is 34.3 Å². The molecule has 0 saturated carbocycles. The van der Waals surface area contributed by atoms with Gasteiger partial charge in [0, 0.05) is 28.8 Å². The second-order valence-corrected chi connectivity index (χ2v) is 6.85. The fourth-order valence-electron chi connectivity index (χ4n) is 1.90. The smallest absolute Gasteiger partial charge is 0.135 e. The molecule has 108 valence electrons. The molecule has 2 aromatic heterocycles. The van der Waals surface area contributed by atoms with Gasteiger partial charge in [0.1, 0.15) is 17.5 Å². The summed E-state index contributed by atoms with van der Waals surface area (Å²) in [5.41, 5.74) is 5.90. The second-order valence-electron chi connectivity index (χ2n) is 5.91. The molecule has 0 amide bonds. The first-order valence-electron chi connectivity index (χ1n) is 6.81. The van der Waals surface area contributed by atoms with Crippen molar-refractivity contribution in [3.8, 4) is 0 Å². The molecule has 2 rings (SSSR count). The lowest BCUT2D eigenvalue weighted by molar-refractivity contribution is 0.568. The van der Waals surface area contributed by atoms with E-state index in [9.17, 15) is 0 Å². The van der Waals surface area contributed by atoms with Crippen LogP contribution in [0.25, 0.3) is 0 Å². The Morgan fingerprint density at radius 1 is 1.35 bits per heavy atom. The van der Waals surface area contributed by atoms with Crippen LogP contribution in [-0.4, -0.2) is 16.5 Å². The van der Waals surface area contributed by atoms with Crippen LogP contribution in [0.5, 0.6) is 0 Å². The van der Waals surface area contributed by atoms with E-state index in [1.807, 2.05) is 0 Å². The summed E-state index contributed by atoms with van der Waals surface area (Å²) in [5.74, 6) is 2.36. The number of nitrogens with one attached hydrogen (secondary N) is 1. The highest BCUT2D eigenvalue weighted by Crippen LogP contribution is 2.27. The molecule has 0 aliphatic heterocycles. The minimum absolute atomic E-state index is 0.0614. The number of rotatable bonds is 5. The van der Waals surface area contributed by atoms with E-state index in [0.717, 1.165) is 18.2 Å². The zero-order chi connectivity index (χ0) is 14.8. The molecule has 3 N–H and O–H groups in total. The van der Waals surface area contributed by atoms with Gasteiger partial charge in [0.2, 0.25) is 0 Å². The van der Waals surface area contributed by atoms with E-state index in [4.69, 9.17) is 5.73 Å². The molecule has 0 fully saturated rings. The Hall–Kier alpha value is -1.62. The average Bonchev–Trinajstić information content (AvgIpc) is 2.90. The maximum absolute atomic E-state index is 5.84. The number of nitrogen functional groups attached to an aromatic ring is 1. The number of aromatic nitrogens is 2. The van der Waals surface area contributed by atoms with Crippen LogP contribution in [0, 0.1) is 0 Å². The molecule has 20 heavy (non-hydrogen) atoms. The zero-order valence-corrected chi connectivity index (χ0v) is 13.3. The predicted molar refractivity (Wildman–Crippen MR) is 86.4 cm³/mol. The zero-order valence-electron chi connectivity index (χ0n) is 12.5.